The van der Waals surface area contributed by atoms with Crippen LogP contribution in [0.2, 0.25) is 0 Å². The number of hydrogen-bond donors (Lipinski definition) is 1. The van der Waals surface area contributed by atoms with E-state index in [0.717, 1.165) is 44.4 Å². The Balaban J connectivity index is 1.67. The van der Waals surface area contributed by atoms with Crippen molar-refractivity contribution >= 4 is 5.91 Å². The van der Waals surface area contributed by atoms with E-state index in [4.69, 9.17) is 4.74 Å². The van der Waals surface area contributed by atoms with Gasteiger partial charge in [-0.3, -0.25) is 4.79 Å². The number of carbonyl (C=O) groups excluding carboxylic acids is 1. The molecule has 0 aromatic rings. The molecule has 0 aliphatic heterocycles. The lowest BCUT2D eigenvalue weighted by Gasteiger charge is -2.31. The highest BCUT2D eigenvalue weighted by molar-refractivity contribution is 5.79. The molecule has 0 heterocycles. The van der Waals surface area contributed by atoms with Crippen molar-refractivity contribution in [2.45, 2.75) is 70.4 Å². The Bertz CT molecular complexity index is 313. The molecule has 0 aromatic heterocycles. The van der Waals surface area contributed by atoms with Crippen LogP contribution in [0.4, 0.5) is 0 Å². The van der Waals surface area contributed by atoms with Crippen molar-refractivity contribution in [3.05, 3.63) is 12.7 Å². The molecule has 2 aliphatic rings. The minimum absolute atomic E-state index is 0.265. The van der Waals surface area contributed by atoms with Crippen molar-refractivity contribution in [1.82, 2.24) is 5.32 Å². The average molecular weight is 279 g/mol. The van der Waals surface area contributed by atoms with Gasteiger partial charge >= 0.3 is 0 Å². The lowest BCUT2D eigenvalue weighted by molar-refractivity contribution is -0.127. The number of carbonyl (C=O) groups is 1. The molecule has 3 nitrogen and oxygen atoms in total. The summed E-state index contributed by atoms with van der Waals surface area (Å²) in [5.74, 6) is 1.37. The summed E-state index contributed by atoms with van der Waals surface area (Å²) in [5.41, 5.74) is 0. The largest absolute Gasteiger partial charge is 0.374 e. The Morgan fingerprint density at radius 1 is 1.15 bits per heavy atom. The summed E-state index contributed by atoms with van der Waals surface area (Å²) >= 11 is 0. The van der Waals surface area contributed by atoms with Gasteiger partial charge in [0.2, 0.25) is 5.91 Å². The number of ether oxygens (including phenoxy) is 1. The van der Waals surface area contributed by atoms with Gasteiger partial charge in [-0.15, -0.1) is 6.58 Å². The van der Waals surface area contributed by atoms with E-state index in [1.165, 1.54) is 12.8 Å². The number of nitrogens with one attached hydrogen (secondary N) is 1. The molecule has 0 radical (unpaired) electrons. The molecular formula is C17H29NO2. The number of hydrogen-bond acceptors (Lipinski definition) is 2. The maximum absolute atomic E-state index is 12.3. The summed E-state index contributed by atoms with van der Waals surface area (Å²) in [6.45, 7) is 6.61. The molecule has 0 aromatic carbocycles. The fraction of sp³-hybridized carbons (Fsp3) is 0.824. The molecular weight excluding hydrogens is 250 g/mol. The second-order valence-electron chi connectivity index (χ2n) is 6.56. The molecule has 0 saturated heterocycles. The minimum atomic E-state index is 0.265. The smallest absolute Gasteiger partial charge is 0.223 e. The lowest BCUT2D eigenvalue weighted by atomic mass is 9.82. The third-order valence-electron chi connectivity index (χ3n) is 4.86. The van der Waals surface area contributed by atoms with Gasteiger partial charge in [-0.05, 0) is 57.3 Å². The van der Waals surface area contributed by atoms with Crippen molar-refractivity contribution < 1.29 is 9.53 Å². The van der Waals surface area contributed by atoms with Gasteiger partial charge in [-0.2, -0.15) is 0 Å². The quantitative estimate of drug-likeness (QED) is 0.783. The SMILES string of the molecule is C=CCOC1CCC(NC(=O)C2CCC(C)CC2)CC1. The second kappa shape index (κ2) is 7.82. The first kappa shape index (κ1) is 15.6. The molecule has 0 unspecified atom stereocenters. The first-order chi connectivity index (χ1) is 9.69. The highest BCUT2D eigenvalue weighted by Gasteiger charge is 2.28. The monoisotopic (exact) mass is 279 g/mol. The van der Waals surface area contributed by atoms with Crippen molar-refractivity contribution in [3.8, 4) is 0 Å². The molecule has 20 heavy (non-hydrogen) atoms. The molecule has 2 rings (SSSR count). The molecule has 2 fully saturated rings. The Hall–Kier alpha value is -0.830. The topological polar surface area (TPSA) is 38.3 Å². The Kier molecular flexibility index (Phi) is 6.08. The summed E-state index contributed by atoms with van der Waals surface area (Å²) in [6.07, 6.45) is 10.9. The van der Waals surface area contributed by atoms with Crippen molar-refractivity contribution in [2.24, 2.45) is 11.8 Å². The maximum atomic E-state index is 12.3. The van der Waals surface area contributed by atoms with Crippen LogP contribution in [0.1, 0.15) is 58.3 Å². The molecule has 2 saturated carbocycles. The zero-order chi connectivity index (χ0) is 14.4. The first-order valence-electron chi connectivity index (χ1n) is 8.22. The summed E-state index contributed by atoms with van der Waals surface area (Å²) < 4.78 is 5.68. The van der Waals surface area contributed by atoms with E-state index in [1.54, 1.807) is 6.08 Å². The van der Waals surface area contributed by atoms with Crippen LogP contribution in [-0.2, 0) is 9.53 Å². The van der Waals surface area contributed by atoms with Gasteiger partial charge in [0.15, 0.2) is 0 Å². The molecule has 0 spiro atoms. The average Bonchev–Trinajstić information content (AvgIpc) is 2.47. The molecule has 2 aliphatic carbocycles. The minimum Gasteiger partial charge on any atom is -0.374 e. The van der Waals surface area contributed by atoms with E-state index < -0.39 is 0 Å². The van der Waals surface area contributed by atoms with Crippen LogP contribution in [0.3, 0.4) is 0 Å². The van der Waals surface area contributed by atoms with Crippen LogP contribution in [0.5, 0.6) is 0 Å². The van der Waals surface area contributed by atoms with Gasteiger partial charge < -0.3 is 10.1 Å². The highest BCUT2D eigenvalue weighted by Crippen LogP contribution is 2.29. The van der Waals surface area contributed by atoms with Crippen LogP contribution in [0.15, 0.2) is 12.7 Å². The lowest BCUT2D eigenvalue weighted by Crippen LogP contribution is -2.42. The number of amides is 1. The van der Waals surface area contributed by atoms with Crippen molar-refractivity contribution in [1.29, 1.82) is 0 Å². The Morgan fingerprint density at radius 3 is 2.40 bits per heavy atom. The second-order valence-corrected chi connectivity index (χ2v) is 6.56. The summed E-state index contributed by atoms with van der Waals surface area (Å²) in [4.78, 5) is 12.3. The predicted octanol–water partition coefficient (Wildman–Crippen LogP) is 3.44. The van der Waals surface area contributed by atoms with Gasteiger partial charge in [-0.25, -0.2) is 0 Å². The normalized spacial score (nSPS) is 34.5. The van der Waals surface area contributed by atoms with E-state index >= 15 is 0 Å². The van der Waals surface area contributed by atoms with Crippen molar-refractivity contribution in [2.75, 3.05) is 6.61 Å². The van der Waals surface area contributed by atoms with Gasteiger partial charge in [-0.1, -0.05) is 13.0 Å². The zero-order valence-electron chi connectivity index (χ0n) is 12.8. The van der Waals surface area contributed by atoms with E-state index in [9.17, 15) is 4.79 Å². The van der Waals surface area contributed by atoms with Crippen LogP contribution >= 0.6 is 0 Å². The van der Waals surface area contributed by atoms with E-state index in [2.05, 4.69) is 18.8 Å². The summed E-state index contributed by atoms with van der Waals surface area (Å²) in [6, 6.07) is 0.366. The van der Waals surface area contributed by atoms with Gasteiger partial charge in [0.05, 0.1) is 12.7 Å². The molecule has 1 amide bonds. The third-order valence-corrected chi connectivity index (χ3v) is 4.86. The van der Waals surface area contributed by atoms with Crippen LogP contribution in [0, 0.1) is 11.8 Å². The first-order valence-corrected chi connectivity index (χ1v) is 8.22. The molecule has 1 N–H and O–H groups in total. The van der Waals surface area contributed by atoms with Gasteiger partial charge in [0.1, 0.15) is 0 Å². The Labute approximate surface area is 123 Å². The van der Waals surface area contributed by atoms with Gasteiger partial charge in [0, 0.05) is 12.0 Å². The van der Waals surface area contributed by atoms with E-state index in [-0.39, 0.29) is 5.92 Å². The molecule has 114 valence electrons. The highest BCUT2D eigenvalue weighted by atomic mass is 16.5. The Morgan fingerprint density at radius 2 is 1.80 bits per heavy atom. The molecule has 0 bridgehead atoms. The van der Waals surface area contributed by atoms with Crippen LogP contribution in [0.25, 0.3) is 0 Å². The number of rotatable bonds is 5. The summed E-state index contributed by atoms with van der Waals surface area (Å²) in [7, 11) is 0. The fourth-order valence-electron chi connectivity index (χ4n) is 3.42. The van der Waals surface area contributed by atoms with E-state index in [0.29, 0.717) is 24.7 Å². The fourth-order valence-corrected chi connectivity index (χ4v) is 3.42. The molecule has 0 atom stereocenters. The third kappa shape index (κ3) is 4.62. The standard InChI is InChI=1S/C17H29NO2/c1-3-12-20-16-10-8-15(9-11-16)18-17(19)14-6-4-13(2)5-7-14/h3,13-16H,1,4-12H2,2H3,(H,18,19). The zero-order valence-corrected chi connectivity index (χ0v) is 12.8. The van der Waals surface area contributed by atoms with E-state index in [1.807, 2.05) is 0 Å². The molecule has 3 heteroatoms. The maximum Gasteiger partial charge on any atom is 0.223 e. The van der Waals surface area contributed by atoms with Crippen molar-refractivity contribution in [3.63, 3.8) is 0 Å². The summed E-state index contributed by atoms with van der Waals surface area (Å²) in [5, 5.41) is 3.27. The van der Waals surface area contributed by atoms with Crippen LogP contribution in [-0.4, -0.2) is 24.7 Å². The predicted molar refractivity (Wildman–Crippen MR) is 81.5 cm³/mol. The van der Waals surface area contributed by atoms with Crippen LogP contribution < -0.4 is 5.32 Å². The van der Waals surface area contributed by atoms with Gasteiger partial charge in [0.25, 0.3) is 0 Å².